The monoisotopic (exact) mass is 424 g/mol. The SMILES string of the molecule is O=C(N1CC2(CC[C@@H](N3CCC(c4cc(Cl)ccc4Cl)CC3)C2)C1)C1(F)CC1. The van der Waals surface area contributed by atoms with E-state index >= 15 is 0 Å². The van der Waals surface area contributed by atoms with Crippen LogP contribution >= 0.6 is 23.2 Å². The van der Waals surface area contributed by atoms with Gasteiger partial charge in [-0.25, -0.2) is 4.39 Å². The molecule has 0 radical (unpaired) electrons. The van der Waals surface area contributed by atoms with E-state index in [9.17, 15) is 9.18 Å². The van der Waals surface area contributed by atoms with Crippen molar-refractivity contribution in [1.82, 2.24) is 9.80 Å². The van der Waals surface area contributed by atoms with Crippen LogP contribution in [0.4, 0.5) is 4.39 Å². The van der Waals surface area contributed by atoms with Crippen molar-refractivity contribution in [2.24, 2.45) is 5.41 Å². The van der Waals surface area contributed by atoms with Gasteiger partial charge in [-0.15, -0.1) is 0 Å². The van der Waals surface area contributed by atoms with Crippen LogP contribution in [-0.4, -0.2) is 53.6 Å². The number of halogens is 3. The molecule has 1 aromatic carbocycles. The third-order valence-corrected chi connectivity index (χ3v) is 8.11. The van der Waals surface area contributed by atoms with Crippen molar-refractivity contribution in [2.75, 3.05) is 26.2 Å². The van der Waals surface area contributed by atoms with E-state index in [2.05, 4.69) is 4.90 Å². The van der Waals surface area contributed by atoms with E-state index in [0.717, 1.165) is 55.5 Å². The summed E-state index contributed by atoms with van der Waals surface area (Å²) in [5.41, 5.74) is -0.0768. The van der Waals surface area contributed by atoms with Gasteiger partial charge in [0.25, 0.3) is 5.91 Å². The molecule has 1 atom stereocenters. The fraction of sp³-hybridized carbons (Fsp3) is 0.682. The molecule has 2 aliphatic heterocycles. The highest BCUT2D eigenvalue weighted by atomic mass is 35.5. The van der Waals surface area contributed by atoms with Crippen molar-refractivity contribution < 1.29 is 9.18 Å². The van der Waals surface area contributed by atoms with Crippen LogP contribution in [0.15, 0.2) is 18.2 Å². The second kappa shape index (κ2) is 6.85. The lowest BCUT2D eigenvalue weighted by Gasteiger charge is -2.49. The topological polar surface area (TPSA) is 23.6 Å². The fourth-order valence-electron chi connectivity index (χ4n) is 5.69. The maximum absolute atomic E-state index is 14.0. The zero-order chi connectivity index (χ0) is 19.5. The highest BCUT2D eigenvalue weighted by Crippen LogP contribution is 2.51. The van der Waals surface area contributed by atoms with E-state index < -0.39 is 5.67 Å². The van der Waals surface area contributed by atoms with Gasteiger partial charge in [-0.05, 0) is 87.7 Å². The molecular formula is C22H27Cl2FN2O. The van der Waals surface area contributed by atoms with Crippen molar-refractivity contribution in [3.05, 3.63) is 33.8 Å². The molecule has 2 saturated heterocycles. The molecule has 0 aromatic heterocycles. The van der Waals surface area contributed by atoms with Gasteiger partial charge in [-0.1, -0.05) is 23.2 Å². The van der Waals surface area contributed by atoms with Crippen molar-refractivity contribution in [3.8, 4) is 0 Å². The van der Waals surface area contributed by atoms with Gasteiger partial charge in [0.2, 0.25) is 0 Å². The van der Waals surface area contributed by atoms with Crippen LogP contribution in [0, 0.1) is 5.41 Å². The normalized spacial score (nSPS) is 29.1. The largest absolute Gasteiger partial charge is 0.339 e. The first-order valence-electron chi connectivity index (χ1n) is 10.5. The lowest BCUT2D eigenvalue weighted by Crippen LogP contribution is -2.60. The predicted octanol–water partition coefficient (Wildman–Crippen LogP) is 5.06. The summed E-state index contributed by atoms with van der Waals surface area (Å²) in [5.74, 6) is 0.231. The fourth-order valence-corrected chi connectivity index (χ4v) is 6.15. The number of hydrogen-bond acceptors (Lipinski definition) is 2. The molecule has 1 amide bonds. The van der Waals surface area contributed by atoms with Crippen LogP contribution in [0.2, 0.25) is 10.0 Å². The minimum Gasteiger partial charge on any atom is -0.339 e. The van der Waals surface area contributed by atoms with Gasteiger partial charge in [0, 0.05) is 34.6 Å². The van der Waals surface area contributed by atoms with Crippen molar-refractivity contribution >= 4 is 29.1 Å². The molecule has 1 aromatic rings. The van der Waals surface area contributed by atoms with Crippen LogP contribution < -0.4 is 0 Å². The van der Waals surface area contributed by atoms with Gasteiger partial charge >= 0.3 is 0 Å². The summed E-state index contributed by atoms with van der Waals surface area (Å²) in [6.45, 7) is 3.71. The predicted molar refractivity (Wildman–Crippen MR) is 110 cm³/mol. The zero-order valence-corrected chi connectivity index (χ0v) is 17.6. The maximum Gasteiger partial charge on any atom is 0.260 e. The number of nitrogens with zero attached hydrogens (tertiary/aromatic N) is 2. The summed E-state index contributed by atoms with van der Waals surface area (Å²) in [6.07, 6.45) is 6.58. The lowest BCUT2D eigenvalue weighted by atomic mass is 9.77. The van der Waals surface area contributed by atoms with E-state index in [1.807, 2.05) is 18.2 Å². The molecule has 3 nitrogen and oxygen atoms in total. The standard InChI is InChI=1S/C22H27Cl2FN2O/c23-16-1-2-19(24)18(11-16)15-4-9-26(10-5-15)17-3-6-21(12-17)13-27(14-21)20(28)22(25)7-8-22/h1-2,11,15,17H,3-10,12-14H2/t17-/m1/s1. The molecule has 5 rings (SSSR count). The maximum atomic E-state index is 14.0. The van der Waals surface area contributed by atoms with Gasteiger partial charge in [-0.2, -0.15) is 0 Å². The van der Waals surface area contributed by atoms with Crippen LogP contribution in [-0.2, 0) is 4.79 Å². The number of amides is 1. The van der Waals surface area contributed by atoms with E-state index in [1.54, 1.807) is 4.90 Å². The number of hydrogen-bond donors (Lipinski definition) is 0. The van der Waals surface area contributed by atoms with Gasteiger partial charge < -0.3 is 9.80 Å². The summed E-state index contributed by atoms with van der Waals surface area (Å²) in [4.78, 5) is 16.6. The summed E-state index contributed by atoms with van der Waals surface area (Å²) in [5, 5.41) is 1.58. The van der Waals surface area contributed by atoms with Crippen LogP contribution in [0.3, 0.4) is 0 Å². The molecule has 0 unspecified atom stereocenters. The number of benzene rings is 1. The molecular weight excluding hydrogens is 398 g/mol. The Morgan fingerprint density at radius 2 is 1.79 bits per heavy atom. The Balaban J connectivity index is 1.14. The van der Waals surface area contributed by atoms with Gasteiger partial charge in [-0.3, -0.25) is 4.79 Å². The summed E-state index contributed by atoms with van der Waals surface area (Å²) >= 11 is 12.6. The number of piperidine rings is 1. The first-order chi connectivity index (χ1) is 13.4. The minimum atomic E-state index is -1.51. The van der Waals surface area contributed by atoms with E-state index in [1.165, 1.54) is 18.4 Å². The Kier molecular flexibility index (Phi) is 4.68. The minimum absolute atomic E-state index is 0.249. The first-order valence-corrected chi connectivity index (χ1v) is 11.3. The average Bonchev–Trinajstić information content (AvgIpc) is 3.26. The van der Waals surface area contributed by atoms with E-state index in [-0.39, 0.29) is 11.3 Å². The van der Waals surface area contributed by atoms with Crippen LogP contribution in [0.25, 0.3) is 0 Å². The van der Waals surface area contributed by atoms with Gasteiger partial charge in [0.05, 0.1) is 0 Å². The second-order valence-electron chi connectivity index (χ2n) is 9.50. The van der Waals surface area contributed by atoms with Gasteiger partial charge in [0.15, 0.2) is 5.67 Å². The molecule has 0 bridgehead atoms. The third kappa shape index (κ3) is 3.36. The summed E-state index contributed by atoms with van der Waals surface area (Å²) in [7, 11) is 0. The first kappa shape index (κ1) is 19.1. The molecule has 4 aliphatic rings. The highest BCUT2D eigenvalue weighted by molar-refractivity contribution is 6.33. The quantitative estimate of drug-likeness (QED) is 0.676. The number of carbonyl (C=O) groups is 1. The molecule has 4 fully saturated rings. The van der Waals surface area contributed by atoms with Crippen LogP contribution in [0.1, 0.15) is 56.4 Å². The van der Waals surface area contributed by atoms with Crippen molar-refractivity contribution in [2.45, 2.75) is 62.6 Å². The lowest BCUT2D eigenvalue weighted by molar-refractivity contribution is -0.150. The highest BCUT2D eigenvalue weighted by Gasteiger charge is 2.58. The molecule has 152 valence electrons. The molecule has 2 heterocycles. The molecule has 1 spiro atoms. The van der Waals surface area contributed by atoms with Crippen LogP contribution in [0.5, 0.6) is 0 Å². The third-order valence-electron chi connectivity index (χ3n) is 7.53. The Labute approximate surface area is 176 Å². The molecule has 6 heteroatoms. The Morgan fingerprint density at radius 3 is 2.46 bits per heavy atom. The number of carbonyl (C=O) groups excluding carboxylic acids is 1. The van der Waals surface area contributed by atoms with Gasteiger partial charge in [0.1, 0.15) is 0 Å². The van der Waals surface area contributed by atoms with E-state index in [4.69, 9.17) is 23.2 Å². The molecule has 2 aliphatic carbocycles. The van der Waals surface area contributed by atoms with Crippen molar-refractivity contribution in [3.63, 3.8) is 0 Å². The number of alkyl halides is 1. The Morgan fingerprint density at radius 1 is 1.07 bits per heavy atom. The number of likely N-dealkylation sites (tertiary alicyclic amines) is 2. The van der Waals surface area contributed by atoms with Crippen molar-refractivity contribution in [1.29, 1.82) is 0 Å². The molecule has 0 N–H and O–H groups in total. The molecule has 28 heavy (non-hydrogen) atoms. The summed E-state index contributed by atoms with van der Waals surface area (Å²) in [6, 6.07) is 6.38. The molecule has 2 saturated carbocycles. The smallest absolute Gasteiger partial charge is 0.260 e. The Bertz CT molecular complexity index is 783. The Hall–Kier alpha value is -0.840. The second-order valence-corrected chi connectivity index (χ2v) is 10.3. The zero-order valence-electron chi connectivity index (χ0n) is 16.1. The number of rotatable bonds is 3. The summed E-state index contributed by atoms with van der Waals surface area (Å²) < 4.78 is 14.0. The average molecular weight is 425 g/mol. The van der Waals surface area contributed by atoms with E-state index in [0.29, 0.717) is 24.8 Å².